The summed E-state index contributed by atoms with van der Waals surface area (Å²) in [5.41, 5.74) is 2.67. The van der Waals surface area contributed by atoms with Crippen LogP contribution in [0.25, 0.3) is 0 Å². The summed E-state index contributed by atoms with van der Waals surface area (Å²) in [7, 11) is 0. The van der Waals surface area contributed by atoms with E-state index in [-0.39, 0.29) is 18.2 Å². The lowest BCUT2D eigenvalue weighted by Crippen LogP contribution is -2.15. The van der Waals surface area contributed by atoms with Crippen LogP contribution in [0.4, 0.5) is 5.69 Å². The second kappa shape index (κ2) is 7.00. The van der Waals surface area contributed by atoms with Gasteiger partial charge in [0.15, 0.2) is 5.69 Å². The van der Waals surface area contributed by atoms with Gasteiger partial charge in [0.05, 0.1) is 5.56 Å². The predicted molar refractivity (Wildman–Crippen MR) is 91.1 cm³/mol. The molecule has 5 nitrogen and oxygen atoms in total. The van der Waals surface area contributed by atoms with Crippen molar-refractivity contribution in [2.45, 2.75) is 20.5 Å². The topological polar surface area (TPSA) is 64.4 Å². The summed E-state index contributed by atoms with van der Waals surface area (Å²) in [5.74, 6) is 0.979. The van der Waals surface area contributed by atoms with Gasteiger partial charge in [0.25, 0.3) is 5.91 Å². The fraction of sp³-hybridized carbons (Fsp3) is 0.158. The van der Waals surface area contributed by atoms with Crippen LogP contribution < -0.4 is 10.1 Å². The molecule has 0 atom stereocenters. The average molecular weight is 322 g/mol. The maximum atomic E-state index is 12.5. The van der Waals surface area contributed by atoms with Crippen molar-refractivity contribution in [2.24, 2.45) is 0 Å². The van der Waals surface area contributed by atoms with Crippen LogP contribution in [-0.4, -0.2) is 11.1 Å². The number of anilines is 1. The van der Waals surface area contributed by atoms with E-state index < -0.39 is 0 Å². The quantitative estimate of drug-likeness (QED) is 0.767. The van der Waals surface area contributed by atoms with Crippen molar-refractivity contribution >= 4 is 11.6 Å². The molecule has 1 amide bonds. The SMILES string of the molecule is Cc1cccc(NC(=O)c2noc(C)c2COc2ccccc2)c1. The van der Waals surface area contributed by atoms with Crippen LogP contribution in [0.2, 0.25) is 0 Å². The van der Waals surface area contributed by atoms with Crippen molar-refractivity contribution in [2.75, 3.05) is 5.32 Å². The first-order chi connectivity index (χ1) is 11.6. The van der Waals surface area contributed by atoms with Crippen LogP contribution in [0.1, 0.15) is 27.4 Å². The fourth-order valence-corrected chi connectivity index (χ4v) is 2.32. The van der Waals surface area contributed by atoms with Gasteiger partial charge in [-0.1, -0.05) is 35.5 Å². The molecule has 0 aliphatic heterocycles. The van der Waals surface area contributed by atoms with E-state index in [2.05, 4.69) is 10.5 Å². The first-order valence-corrected chi connectivity index (χ1v) is 7.64. The second-order valence-corrected chi connectivity index (χ2v) is 5.49. The van der Waals surface area contributed by atoms with E-state index in [1.807, 2.05) is 61.5 Å². The number of aromatic nitrogens is 1. The summed E-state index contributed by atoms with van der Waals surface area (Å²) in [6, 6.07) is 17.0. The third-order valence-corrected chi connectivity index (χ3v) is 3.60. The van der Waals surface area contributed by atoms with Crippen LogP contribution >= 0.6 is 0 Å². The van der Waals surface area contributed by atoms with Gasteiger partial charge in [-0.05, 0) is 43.7 Å². The molecule has 1 aromatic heterocycles. The van der Waals surface area contributed by atoms with Gasteiger partial charge in [0.1, 0.15) is 18.1 Å². The van der Waals surface area contributed by atoms with Crippen LogP contribution in [0.5, 0.6) is 5.75 Å². The van der Waals surface area contributed by atoms with E-state index in [9.17, 15) is 4.79 Å². The highest BCUT2D eigenvalue weighted by Crippen LogP contribution is 2.19. The molecule has 2 aromatic carbocycles. The fourth-order valence-electron chi connectivity index (χ4n) is 2.32. The molecule has 1 heterocycles. The van der Waals surface area contributed by atoms with Crippen LogP contribution in [0.3, 0.4) is 0 Å². The normalized spacial score (nSPS) is 10.4. The first kappa shape index (κ1) is 15.8. The highest BCUT2D eigenvalue weighted by atomic mass is 16.5. The molecule has 5 heteroatoms. The number of hydrogen-bond acceptors (Lipinski definition) is 4. The Balaban J connectivity index is 1.75. The van der Waals surface area contributed by atoms with Gasteiger partial charge < -0.3 is 14.6 Å². The van der Waals surface area contributed by atoms with E-state index in [1.54, 1.807) is 6.92 Å². The molecular weight excluding hydrogens is 304 g/mol. The van der Waals surface area contributed by atoms with Crippen molar-refractivity contribution in [3.8, 4) is 5.75 Å². The summed E-state index contributed by atoms with van der Waals surface area (Å²) in [6.07, 6.45) is 0. The van der Waals surface area contributed by atoms with E-state index in [4.69, 9.17) is 9.26 Å². The molecule has 0 saturated heterocycles. The van der Waals surface area contributed by atoms with Gasteiger partial charge in [-0.15, -0.1) is 0 Å². The third-order valence-electron chi connectivity index (χ3n) is 3.60. The molecule has 0 unspecified atom stereocenters. The molecule has 0 aliphatic rings. The van der Waals surface area contributed by atoms with Gasteiger partial charge in [-0.25, -0.2) is 0 Å². The molecule has 3 aromatic rings. The smallest absolute Gasteiger partial charge is 0.278 e. The Kier molecular flexibility index (Phi) is 4.61. The predicted octanol–water partition coefficient (Wildman–Crippen LogP) is 4.12. The number of nitrogens with one attached hydrogen (secondary N) is 1. The number of benzene rings is 2. The average Bonchev–Trinajstić information content (AvgIpc) is 2.95. The zero-order valence-electron chi connectivity index (χ0n) is 13.6. The number of ether oxygens (including phenoxy) is 1. The molecule has 24 heavy (non-hydrogen) atoms. The molecule has 0 radical (unpaired) electrons. The minimum absolute atomic E-state index is 0.218. The summed E-state index contributed by atoms with van der Waals surface area (Å²) in [6.45, 7) is 3.95. The molecule has 0 spiro atoms. The molecule has 122 valence electrons. The summed E-state index contributed by atoms with van der Waals surface area (Å²) >= 11 is 0. The Bertz CT molecular complexity index is 841. The monoisotopic (exact) mass is 322 g/mol. The maximum absolute atomic E-state index is 12.5. The lowest BCUT2D eigenvalue weighted by Gasteiger charge is -2.07. The number of hydrogen-bond donors (Lipinski definition) is 1. The number of carbonyl (C=O) groups is 1. The second-order valence-electron chi connectivity index (χ2n) is 5.49. The zero-order chi connectivity index (χ0) is 16.9. The van der Waals surface area contributed by atoms with Crippen molar-refractivity contribution in [3.05, 3.63) is 77.2 Å². The number of para-hydroxylation sites is 1. The van der Waals surface area contributed by atoms with Gasteiger partial charge in [-0.3, -0.25) is 4.79 Å². The van der Waals surface area contributed by atoms with Crippen LogP contribution in [0, 0.1) is 13.8 Å². The first-order valence-electron chi connectivity index (χ1n) is 7.64. The van der Waals surface area contributed by atoms with Gasteiger partial charge in [0, 0.05) is 5.69 Å². The van der Waals surface area contributed by atoms with Crippen LogP contribution in [0.15, 0.2) is 59.1 Å². The molecule has 0 fully saturated rings. The number of aryl methyl sites for hydroxylation is 2. The Morgan fingerprint density at radius 3 is 2.67 bits per heavy atom. The molecular formula is C19H18N2O3. The van der Waals surface area contributed by atoms with E-state index in [0.29, 0.717) is 11.3 Å². The number of rotatable bonds is 5. The molecule has 1 N–H and O–H groups in total. The van der Waals surface area contributed by atoms with Crippen molar-refractivity contribution in [3.63, 3.8) is 0 Å². The van der Waals surface area contributed by atoms with Gasteiger partial charge >= 0.3 is 0 Å². The number of amides is 1. The summed E-state index contributed by atoms with van der Waals surface area (Å²) < 4.78 is 10.9. The summed E-state index contributed by atoms with van der Waals surface area (Å²) in [5, 5.41) is 6.71. The van der Waals surface area contributed by atoms with E-state index in [1.165, 1.54) is 0 Å². The molecule has 3 rings (SSSR count). The Hall–Kier alpha value is -3.08. The number of nitrogens with zero attached hydrogens (tertiary/aromatic N) is 1. The van der Waals surface area contributed by atoms with Crippen LogP contribution in [-0.2, 0) is 6.61 Å². The van der Waals surface area contributed by atoms with Gasteiger partial charge in [-0.2, -0.15) is 0 Å². The highest BCUT2D eigenvalue weighted by Gasteiger charge is 2.20. The van der Waals surface area contributed by atoms with Gasteiger partial charge in [0.2, 0.25) is 0 Å². The Morgan fingerprint density at radius 2 is 1.92 bits per heavy atom. The Morgan fingerprint density at radius 1 is 1.12 bits per heavy atom. The van der Waals surface area contributed by atoms with Crippen molar-refractivity contribution in [1.29, 1.82) is 0 Å². The van der Waals surface area contributed by atoms with E-state index in [0.717, 1.165) is 17.0 Å². The Labute approximate surface area is 140 Å². The maximum Gasteiger partial charge on any atom is 0.278 e. The lowest BCUT2D eigenvalue weighted by atomic mass is 10.2. The van der Waals surface area contributed by atoms with E-state index >= 15 is 0 Å². The minimum atomic E-state index is -0.316. The zero-order valence-corrected chi connectivity index (χ0v) is 13.6. The largest absolute Gasteiger partial charge is 0.489 e. The third kappa shape index (κ3) is 3.63. The number of carbonyl (C=O) groups excluding carboxylic acids is 1. The molecule has 0 aliphatic carbocycles. The molecule has 0 bridgehead atoms. The molecule has 0 saturated carbocycles. The summed E-state index contributed by atoms with van der Waals surface area (Å²) in [4.78, 5) is 12.5. The minimum Gasteiger partial charge on any atom is -0.489 e. The standard InChI is InChI=1S/C19H18N2O3/c1-13-7-6-8-15(11-13)20-19(22)18-17(14(2)24-21-18)12-23-16-9-4-3-5-10-16/h3-11H,12H2,1-2H3,(H,20,22). The lowest BCUT2D eigenvalue weighted by molar-refractivity contribution is 0.101. The van der Waals surface area contributed by atoms with Crippen molar-refractivity contribution in [1.82, 2.24) is 5.16 Å². The van der Waals surface area contributed by atoms with Crippen molar-refractivity contribution < 1.29 is 14.1 Å². The highest BCUT2D eigenvalue weighted by molar-refractivity contribution is 6.03.